The molecule has 5 heteroatoms. The molecule has 2 rings (SSSR count). The summed E-state index contributed by atoms with van der Waals surface area (Å²) >= 11 is 1.93. The minimum absolute atomic E-state index is 0.414. The Balaban J connectivity index is 1.96. The van der Waals surface area contributed by atoms with E-state index in [0.29, 0.717) is 23.2 Å². The Labute approximate surface area is 113 Å². The van der Waals surface area contributed by atoms with Crippen LogP contribution in [0.3, 0.4) is 0 Å². The first-order valence-electron chi connectivity index (χ1n) is 6.45. The molecule has 0 saturated heterocycles. The Morgan fingerprint density at radius 1 is 1.44 bits per heavy atom. The molecule has 1 saturated carbocycles. The molecule has 1 aromatic rings. The average molecular weight is 267 g/mol. The molecule has 0 amide bonds. The molecule has 0 unspecified atom stereocenters. The lowest BCUT2D eigenvalue weighted by Crippen LogP contribution is -2.19. The van der Waals surface area contributed by atoms with Crippen molar-refractivity contribution in [3.63, 3.8) is 0 Å². The summed E-state index contributed by atoms with van der Waals surface area (Å²) in [7, 11) is 0. The van der Waals surface area contributed by atoms with E-state index in [2.05, 4.69) is 28.5 Å². The first-order chi connectivity index (χ1) is 8.67. The molecule has 1 aliphatic carbocycles. The molecule has 1 aliphatic rings. The fourth-order valence-corrected chi connectivity index (χ4v) is 2.46. The molecule has 1 N–H and O–H groups in total. The zero-order chi connectivity index (χ0) is 13.0. The van der Waals surface area contributed by atoms with E-state index in [9.17, 15) is 0 Å². The summed E-state index contributed by atoms with van der Waals surface area (Å²) in [5.41, 5.74) is 0.938. The van der Waals surface area contributed by atoms with Crippen molar-refractivity contribution in [1.82, 2.24) is 9.97 Å². The second kappa shape index (κ2) is 5.78. The first kappa shape index (κ1) is 13.5. The first-order valence-corrected chi connectivity index (χ1v) is 7.67. The van der Waals surface area contributed by atoms with Gasteiger partial charge in [0.05, 0.1) is 6.61 Å². The molecule has 0 aromatic carbocycles. The standard InChI is InChI=1S/C13H21N3OS/c1-4-7-17-11-8-10(2)15-12(16-11)14-9-13(18-3)5-6-13/h8H,4-7,9H2,1-3H3,(H,14,15,16). The van der Waals surface area contributed by atoms with Gasteiger partial charge in [-0.15, -0.1) is 0 Å². The number of ether oxygens (including phenoxy) is 1. The summed E-state index contributed by atoms with van der Waals surface area (Å²) in [6, 6.07) is 1.88. The van der Waals surface area contributed by atoms with E-state index in [1.807, 2.05) is 24.8 Å². The number of nitrogens with zero attached hydrogens (tertiary/aromatic N) is 2. The van der Waals surface area contributed by atoms with Gasteiger partial charge in [0.1, 0.15) is 0 Å². The number of rotatable bonds is 7. The van der Waals surface area contributed by atoms with Crippen molar-refractivity contribution in [2.45, 2.75) is 37.9 Å². The molecule has 0 spiro atoms. The highest BCUT2D eigenvalue weighted by Crippen LogP contribution is 2.46. The second-order valence-corrected chi connectivity index (χ2v) is 6.03. The van der Waals surface area contributed by atoms with Crippen LogP contribution in [0, 0.1) is 6.92 Å². The summed E-state index contributed by atoms with van der Waals surface area (Å²) in [5.74, 6) is 1.35. The molecule has 0 atom stereocenters. The van der Waals surface area contributed by atoms with Crippen LogP contribution < -0.4 is 10.1 Å². The van der Waals surface area contributed by atoms with Crippen molar-refractivity contribution in [1.29, 1.82) is 0 Å². The fourth-order valence-electron chi connectivity index (χ4n) is 1.73. The number of aromatic nitrogens is 2. The number of aryl methyl sites for hydroxylation is 1. The van der Waals surface area contributed by atoms with Crippen LogP contribution in [0.1, 0.15) is 31.9 Å². The Hall–Kier alpha value is -0.970. The van der Waals surface area contributed by atoms with Crippen molar-refractivity contribution < 1.29 is 4.74 Å². The van der Waals surface area contributed by atoms with Gasteiger partial charge in [-0.05, 0) is 32.4 Å². The predicted molar refractivity (Wildman–Crippen MR) is 76.5 cm³/mol. The maximum absolute atomic E-state index is 5.55. The third-order valence-corrected chi connectivity index (χ3v) is 4.51. The van der Waals surface area contributed by atoms with Gasteiger partial charge in [-0.25, -0.2) is 4.98 Å². The molecule has 0 aliphatic heterocycles. The van der Waals surface area contributed by atoms with Crippen LogP contribution in [0.2, 0.25) is 0 Å². The molecular weight excluding hydrogens is 246 g/mol. The van der Waals surface area contributed by atoms with Crippen LogP contribution in [-0.2, 0) is 0 Å². The van der Waals surface area contributed by atoms with Crippen LogP contribution in [0.15, 0.2) is 6.07 Å². The third kappa shape index (κ3) is 3.51. The van der Waals surface area contributed by atoms with Crippen LogP contribution >= 0.6 is 11.8 Å². The summed E-state index contributed by atoms with van der Waals surface area (Å²) < 4.78 is 5.97. The van der Waals surface area contributed by atoms with Gasteiger partial charge in [-0.3, -0.25) is 0 Å². The van der Waals surface area contributed by atoms with Crippen molar-refractivity contribution in [3.8, 4) is 5.88 Å². The number of thioether (sulfide) groups is 1. The van der Waals surface area contributed by atoms with E-state index in [1.165, 1.54) is 12.8 Å². The lowest BCUT2D eigenvalue weighted by atomic mass is 10.4. The highest BCUT2D eigenvalue weighted by Gasteiger charge is 2.41. The van der Waals surface area contributed by atoms with Crippen LogP contribution in [0.4, 0.5) is 5.95 Å². The number of anilines is 1. The summed E-state index contributed by atoms with van der Waals surface area (Å²) in [6.45, 7) is 5.69. The van der Waals surface area contributed by atoms with Gasteiger partial charge in [0, 0.05) is 23.1 Å². The van der Waals surface area contributed by atoms with Gasteiger partial charge in [-0.2, -0.15) is 16.7 Å². The van der Waals surface area contributed by atoms with Gasteiger partial charge in [0.25, 0.3) is 0 Å². The Kier molecular flexibility index (Phi) is 4.32. The largest absolute Gasteiger partial charge is 0.478 e. The molecule has 0 bridgehead atoms. The topological polar surface area (TPSA) is 47.0 Å². The van der Waals surface area contributed by atoms with Crippen molar-refractivity contribution in [3.05, 3.63) is 11.8 Å². The van der Waals surface area contributed by atoms with E-state index in [1.54, 1.807) is 0 Å². The summed E-state index contributed by atoms with van der Waals surface area (Å²) in [5, 5.41) is 3.33. The van der Waals surface area contributed by atoms with Gasteiger partial charge >= 0.3 is 0 Å². The predicted octanol–water partition coefficient (Wildman–Crippen LogP) is 2.88. The maximum atomic E-state index is 5.55. The summed E-state index contributed by atoms with van der Waals surface area (Å²) in [6.07, 6.45) is 5.72. The molecule has 1 fully saturated rings. The normalized spacial score (nSPS) is 16.4. The van der Waals surface area contributed by atoms with Crippen LogP contribution in [-0.4, -0.2) is 34.1 Å². The maximum Gasteiger partial charge on any atom is 0.226 e. The zero-order valence-electron chi connectivity index (χ0n) is 11.3. The Bertz CT molecular complexity index is 407. The molecule has 4 nitrogen and oxygen atoms in total. The smallest absolute Gasteiger partial charge is 0.226 e. The monoisotopic (exact) mass is 267 g/mol. The van der Waals surface area contributed by atoms with Gasteiger partial charge in [0.15, 0.2) is 0 Å². The highest BCUT2D eigenvalue weighted by molar-refractivity contribution is 8.00. The van der Waals surface area contributed by atoms with E-state index < -0.39 is 0 Å². The van der Waals surface area contributed by atoms with E-state index in [-0.39, 0.29) is 0 Å². The Morgan fingerprint density at radius 2 is 2.22 bits per heavy atom. The molecule has 0 radical (unpaired) electrons. The van der Waals surface area contributed by atoms with E-state index >= 15 is 0 Å². The second-order valence-electron chi connectivity index (χ2n) is 4.76. The van der Waals surface area contributed by atoms with Gasteiger partial charge in [-0.1, -0.05) is 6.92 Å². The minimum Gasteiger partial charge on any atom is -0.478 e. The van der Waals surface area contributed by atoms with E-state index in [4.69, 9.17) is 4.74 Å². The Morgan fingerprint density at radius 3 is 2.83 bits per heavy atom. The highest BCUT2D eigenvalue weighted by atomic mass is 32.2. The quantitative estimate of drug-likeness (QED) is 0.823. The fraction of sp³-hybridized carbons (Fsp3) is 0.692. The summed E-state index contributed by atoms with van der Waals surface area (Å²) in [4.78, 5) is 8.78. The van der Waals surface area contributed by atoms with E-state index in [0.717, 1.165) is 18.7 Å². The van der Waals surface area contributed by atoms with Crippen molar-refractivity contribution in [2.75, 3.05) is 24.7 Å². The lowest BCUT2D eigenvalue weighted by Gasteiger charge is -2.14. The number of nitrogens with one attached hydrogen (secondary N) is 1. The lowest BCUT2D eigenvalue weighted by molar-refractivity contribution is 0.305. The minimum atomic E-state index is 0.414. The number of hydrogen-bond acceptors (Lipinski definition) is 5. The van der Waals surface area contributed by atoms with Crippen LogP contribution in [0.5, 0.6) is 5.88 Å². The molecule has 1 heterocycles. The van der Waals surface area contributed by atoms with Crippen molar-refractivity contribution in [2.24, 2.45) is 0 Å². The molecular formula is C13H21N3OS. The van der Waals surface area contributed by atoms with Gasteiger partial charge < -0.3 is 10.1 Å². The van der Waals surface area contributed by atoms with Gasteiger partial charge in [0.2, 0.25) is 11.8 Å². The van der Waals surface area contributed by atoms with Crippen LogP contribution in [0.25, 0.3) is 0 Å². The van der Waals surface area contributed by atoms with Crippen molar-refractivity contribution >= 4 is 17.7 Å². The number of hydrogen-bond donors (Lipinski definition) is 1. The molecule has 1 aromatic heterocycles. The molecule has 100 valence electrons. The third-order valence-electron chi connectivity index (χ3n) is 3.09. The zero-order valence-corrected chi connectivity index (χ0v) is 12.1. The average Bonchev–Trinajstić information content (AvgIpc) is 3.14. The SMILES string of the molecule is CCCOc1cc(C)nc(NCC2(SC)CC2)n1. The molecule has 18 heavy (non-hydrogen) atoms.